The van der Waals surface area contributed by atoms with E-state index < -0.39 is 6.09 Å². The first kappa shape index (κ1) is 23.1. The van der Waals surface area contributed by atoms with E-state index in [2.05, 4.69) is 24.0 Å². The highest BCUT2D eigenvalue weighted by Crippen LogP contribution is 2.39. The number of aromatic nitrogens is 2. The third-order valence-corrected chi connectivity index (χ3v) is 5.99. The lowest BCUT2D eigenvalue weighted by atomic mass is 9.85. The van der Waals surface area contributed by atoms with Gasteiger partial charge in [0.15, 0.2) is 0 Å². The molecule has 1 aromatic heterocycles. The molecule has 0 saturated carbocycles. The molecular weight excluding hydrogens is 442 g/mol. The first-order valence-corrected chi connectivity index (χ1v) is 11.5. The van der Waals surface area contributed by atoms with Crippen LogP contribution in [0, 0.1) is 5.92 Å². The Bertz CT molecular complexity index is 1160. The van der Waals surface area contributed by atoms with Crippen LogP contribution in [-0.2, 0) is 6.42 Å². The van der Waals surface area contributed by atoms with Crippen molar-refractivity contribution >= 4 is 17.7 Å². The largest absolute Gasteiger partial charge is 0.489 e. The molecule has 2 aromatic carbocycles. The van der Waals surface area contributed by atoms with Crippen LogP contribution >= 0.6 is 11.6 Å². The van der Waals surface area contributed by atoms with Crippen LogP contribution in [0.25, 0.3) is 22.8 Å². The minimum Gasteiger partial charge on any atom is -0.489 e. The summed E-state index contributed by atoms with van der Waals surface area (Å²) in [6, 6.07) is 11.1. The Morgan fingerprint density at radius 3 is 2.73 bits per heavy atom. The van der Waals surface area contributed by atoms with Gasteiger partial charge in [0.25, 0.3) is 5.89 Å². The van der Waals surface area contributed by atoms with Crippen molar-refractivity contribution in [3.63, 3.8) is 0 Å². The van der Waals surface area contributed by atoms with Crippen molar-refractivity contribution in [1.29, 1.82) is 0 Å². The summed E-state index contributed by atoms with van der Waals surface area (Å²) in [5, 5.41) is 14.4. The van der Waals surface area contributed by atoms with Crippen LogP contribution in [0.1, 0.15) is 51.3 Å². The van der Waals surface area contributed by atoms with E-state index in [1.165, 1.54) is 4.90 Å². The molecule has 8 heteroatoms. The van der Waals surface area contributed by atoms with E-state index >= 15 is 0 Å². The highest BCUT2D eigenvalue weighted by molar-refractivity contribution is 6.32. The highest BCUT2D eigenvalue weighted by Gasteiger charge is 2.33. The maximum atomic E-state index is 11.8. The van der Waals surface area contributed by atoms with Gasteiger partial charge < -0.3 is 19.3 Å². The number of carbonyl (C=O) groups is 1. The Kier molecular flexibility index (Phi) is 6.61. The number of nitrogens with zero attached hydrogens (tertiary/aromatic N) is 3. The summed E-state index contributed by atoms with van der Waals surface area (Å²) >= 11 is 6.37. The molecule has 33 heavy (non-hydrogen) atoms. The van der Waals surface area contributed by atoms with E-state index in [0.29, 0.717) is 46.9 Å². The number of hydrogen-bond acceptors (Lipinski definition) is 5. The topological polar surface area (TPSA) is 88.7 Å². The number of carboxylic acid groups (broad SMARTS) is 1. The van der Waals surface area contributed by atoms with E-state index in [9.17, 15) is 9.90 Å². The molecule has 1 amide bonds. The molecule has 174 valence electrons. The minimum atomic E-state index is -0.889. The van der Waals surface area contributed by atoms with Crippen LogP contribution in [0.2, 0.25) is 5.02 Å². The molecule has 0 spiro atoms. The van der Waals surface area contributed by atoms with Gasteiger partial charge in [-0.25, -0.2) is 4.79 Å². The maximum Gasteiger partial charge on any atom is 0.407 e. The molecule has 4 rings (SSSR count). The zero-order valence-electron chi connectivity index (χ0n) is 19.2. The Balaban J connectivity index is 1.68. The third-order valence-electron chi connectivity index (χ3n) is 5.70. The molecule has 1 aliphatic heterocycles. The van der Waals surface area contributed by atoms with Gasteiger partial charge in [0, 0.05) is 17.7 Å². The molecule has 0 aliphatic carbocycles. The Hall–Kier alpha value is -3.06. The average Bonchev–Trinajstić information content (AvgIpc) is 3.24. The fourth-order valence-corrected chi connectivity index (χ4v) is 4.55. The van der Waals surface area contributed by atoms with E-state index in [4.69, 9.17) is 20.9 Å². The van der Waals surface area contributed by atoms with Crippen molar-refractivity contribution in [2.45, 2.75) is 52.7 Å². The van der Waals surface area contributed by atoms with Gasteiger partial charge in [-0.1, -0.05) is 48.8 Å². The monoisotopic (exact) mass is 469 g/mol. The number of halogens is 1. The number of rotatable bonds is 6. The van der Waals surface area contributed by atoms with Crippen LogP contribution in [0.4, 0.5) is 4.79 Å². The number of benzene rings is 2. The van der Waals surface area contributed by atoms with Gasteiger partial charge in [-0.3, -0.25) is 0 Å². The first-order chi connectivity index (χ1) is 15.7. The zero-order chi connectivity index (χ0) is 23.7. The van der Waals surface area contributed by atoms with Crippen molar-refractivity contribution in [3.8, 4) is 28.6 Å². The average molecular weight is 470 g/mol. The van der Waals surface area contributed by atoms with Crippen molar-refractivity contribution in [1.82, 2.24) is 15.0 Å². The Labute approximate surface area is 198 Å². The first-order valence-electron chi connectivity index (χ1n) is 11.2. The predicted octanol–water partition coefficient (Wildman–Crippen LogP) is 6.47. The van der Waals surface area contributed by atoms with Gasteiger partial charge in [-0.15, -0.1) is 0 Å². The maximum absolute atomic E-state index is 11.8. The summed E-state index contributed by atoms with van der Waals surface area (Å²) in [7, 11) is 0. The molecular formula is C25H28ClN3O4. The van der Waals surface area contributed by atoms with Crippen LogP contribution in [0.5, 0.6) is 5.75 Å². The summed E-state index contributed by atoms with van der Waals surface area (Å²) in [6.07, 6.45) is 0.483. The Morgan fingerprint density at radius 2 is 2.06 bits per heavy atom. The summed E-state index contributed by atoms with van der Waals surface area (Å²) in [5.41, 5.74) is 3.66. The third kappa shape index (κ3) is 4.83. The molecule has 0 radical (unpaired) electrons. The SMILES string of the molecule is CC(C)CC1c2cccc(-c3noc(-c4ccc(OC(C)C)c(Cl)c4)n3)c2CCN1C(=O)O. The summed E-state index contributed by atoms with van der Waals surface area (Å²) in [4.78, 5) is 18.0. The summed E-state index contributed by atoms with van der Waals surface area (Å²) < 4.78 is 11.2. The van der Waals surface area contributed by atoms with E-state index in [1.54, 1.807) is 12.1 Å². The normalized spacial score (nSPS) is 15.7. The van der Waals surface area contributed by atoms with E-state index in [1.807, 2.05) is 38.1 Å². The molecule has 7 nitrogen and oxygen atoms in total. The molecule has 1 unspecified atom stereocenters. The van der Waals surface area contributed by atoms with Crippen LogP contribution in [-0.4, -0.2) is 38.9 Å². The van der Waals surface area contributed by atoms with Gasteiger partial charge in [-0.2, -0.15) is 4.98 Å². The van der Waals surface area contributed by atoms with E-state index in [0.717, 1.165) is 23.1 Å². The lowest BCUT2D eigenvalue weighted by Gasteiger charge is -2.37. The minimum absolute atomic E-state index is 0.0178. The quantitative estimate of drug-likeness (QED) is 0.445. The lowest BCUT2D eigenvalue weighted by Crippen LogP contribution is -2.40. The molecule has 3 aromatic rings. The van der Waals surface area contributed by atoms with Crippen LogP contribution < -0.4 is 4.74 Å². The van der Waals surface area contributed by atoms with Crippen molar-refractivity contribution in [3.05, 3.63) is 52.5 Å². The van der Waals surface area contributed by atoms with Gasteiger partial charge in [-0.05, 0) is 61.9 Å². The summed E-state index contributed by atoms with van der Waals surface area (Å²) in [5.74, 6) is 1.80. The Morgan fingerprint density at radius 1 is 1.27 bits per heavy atom. The van der Waals surface area contributed by atoms with Gasteiger partial charge in [0.1, 0.15) is 5.75 Å². The zero-order valence-corrected chi connectivity index (χ0v) is 20.0. The molecule has 0 fully saturated rings. The fourth-order valence-electron chi connectivity index (χ4n) is 4.32. The van der Waals surface area contributed by atoms with E-state index in [-0.39, 0.29) is 12.1 Å². The number of amides is 1. The second-order valence-corrected chi connectivity index (χ2v) is 9.39. The molecule has 0 saturated heterocycles. The fraction of sp³-hybridized carbons (Fsp3) is 0.400. The molecule has 2 heterocycles. The molecule has 1 aliphatic rings. The number of hydrogen-bond donors (Lipinski definition) is 1. The van der Waals surface area contributed by atoms with Crippen molar-refractivity contribution in [2.24, 2.45) is 5.92 Å². The van der Waals surface area contributed by atoms with Crippen LogP contribution in [0.3, 0.4) is 0 Å². The lowest BCUT2D eigenvalue weighted by molar-refractivity contribution is 0.113. The second-order valence-electron chi connectivity index (χ2n) is 8.98. The number of ether oxygens (including phenoxy) is 1. The number of fused-ring (bicyclic) bond motifs is 1. The second kappa shape index (κ2) is 9.43. The standard InChI is InChI=1S/C25H28ClN3O4/c1-14(2)12-21-18-6-5-7-19(17(18)10-11-29(21)25(30)31)23-27-24(33-28-23)16-8-9-22(20(26)13-16)32-15(3)4/h5-9,13-15,21H,10-12H2,1-4H3,(H,30,31). The smallest absolute Gasteiger partial charge is 0.407 e. The van der Waals surface area contributed by atoms with Crippen LogP contribution in [0.15, 0.2) is 40.9 Å². The molecule has 0 bridgehead atoms. The predicted molar refractivity (Wildman–Crippen MR) is 127 cm³/mol. The summed E-state index contributed by atoms with van der Waals surface area (Å²) in [6.45, 7) is 8.53. The molecule has 1 N–H and O–H groups in total. The van der Waals surface area contributed by atoms with Gasteiger partial charge in [0.05, 0.1) is 17.2 Å². The van der Waals surface area contributed by atoms with Gasteiger partial charge >= 0.3 is 6.09 Å². The van der Waals surface area contributed by atoms with Crippen molar-refractivity contribution in [2.75, 3.05) is 6.54 Å². The molecule has 1 atom stereocenters. The van der Waals surface area contributed by atoms with Gasteiger partial charge in [0.2, 0.25) is 5.82 Å². The highest BCUT2D eigenvalue weighted by atomic mass is 35.5. The van der Waals surface area contributed by atoms with Crippen molar-refractivity contribution < 1.29 is 19.2 Å².